The molecule has 0 heterocycles. The molecular formula is C18H21FN2O2. The summed E-state index contributed by atoms with van der Waals surface area (Å²) in [6.45, 7) is 6.33. The Morgan fingerprint density at radius 3 is 2.74 bits per heavy atom. The Morgan fingerprint density at radius 2 is 2.04 bits per heavy atom. The molecule has 0 radical (unpaired) electrons. The Morgan fingerprint density at radius 1 is 1.26 bits per heavy atom. The van der Waals surface area contributed by atoms with Gasteiger partial charge in [-0.1, -0.05) is 23.8 Å². The quantitative estimate of drug-likeness (QED) is 0.858. The molecule has 0 bridgehead atoms. The Hall–Kier alpha value is -2.56. The lowest BCUT2D eigenvalue weighted by Gasteiger charge is -2.19. The van der Waals surface area contributed by atoms with E-state index in [9.17, 15) is 9.18 Å². The zero-order valence-corrected chi connectivity index (χ0v) is 13.5. The van der Waals surface area contributed by atoms with Crippen molar-refractivity contribution in [1.82, 2.24) is 5.32 Å². The molecule has 2 aromatic carbocycles. The van der Waals surface area contributed by atoms with Gasteiger partial charge in [0.2, 0.25) is 0 Å². The van der Waals surface area contributed by atoms with Gasteiger partial charge in [-0.2, -0.15) is 0 Å². The fraction of sp³-hybridized carbons (Fsp3) is 0.278. The average Bonchev–Trinajstić information content (AvgIpc) is 2.49. The lowest BCUT2D eigenvalue weighted by atomic mass is 10.0. The van der Waals surface area contributed by atoms with Crippen LogP contribution in [0.5, 0.6) is 5.75 Å². The van der Waals surface area contributed by atoms with Crippen molar-refractivity contribution < 1.29 is 13.9 Å². The number of hydrogen-bond acceptors (Lipinski definition) is 2. The highest BCUT2D eigenvalue weighted by Gasteiger charge is 2.14. The number of amides is 2. The summed E-state index contributed by atoms with van der Waals surface area (Å²) < 4.78 is 18.7. The van der Waals surface area contributed by atoms with Gasteiger partial charge in [0, 0.05) is 11.3 Å². The number of carbonyl (C=O) groups is 1. The zero-order valence-electron chi connectivity index (χ0n) is 13.5. The maximum Gasteiger partial charge on any atom is 0.319 e. The normalized spacial score (nSPS) is 11.7. The molecule has 0 fully saturated rings. The molecule has 1 atom stereocenters. The predicted octanol–water partition coefficient (Wildman–Crippen LogP) is 4.42. The van der Waals surface area contributed by atoms with Crippen LogP contribution in [-0.4, -0.2) is 12.6 Å². The SMILES string of the molecule is CCOc1ccc(C)cc1C(C)NC(=O)Nc1cccc(F)c1. The van der Waals surface area contributed by atoms with Crippen LogP contribution in [0.4, 0.5) is 14.9 Å². The van der Waals surface area contributed by atoms with Gasteiger partial charge in [-0.3, -0.25) is 0 Å². The number of aryl methyl sites for hydroxylation is 1. The fourth-order valence-corrected chi connectivity index (χ4v) is 2.30. The minimum Gasteiger partial charge on any atom is -0.494 e. The fourth-order valence-electron chi connectivity index (χ4n) is 2.30. The Labute approximate surface area is 135 Å². The van der Waals surface area contributed by atoms with E-state index in [0.29, 0.717) is 12.3 Å². The Balaban J connectivity index is 2.07. The van der Waals surface area contributed by atoms with Crippen LogP contribution < -0.4 is 15.4 Å². The molecule has 0 aromatic heterocycles. The highest BCUT2D eigenvalue weighted by atomic mass is 19.1. The first-order valence-corrected chi connectivity index (χ1v) is 7.56. The van der Waals surface area contributed by atoms with E-state index in [2.05, 4.69) is 10.6 Å². The number of anilines is 1. The summed E-state index contributed by atoms with van der Waals surface area (Å²) in [7, 11) is 0. The van der Waals surface area contributed by atoms with Crippen LogP contribution in [0.3, 0.4) is 0 Å². The standard InChI is InChI=1S/C18H21FN2O2/c1-4-23-17-9-8-12(2)10-16(17)13(3)20-18(22)21-15-7-5-6-14(19)11-15/h5-11,13H,4H2,1-3H3,(H2,20,21,22). The van der Waals surface area contributed by atoms with E-state index in [1.165, 1.54) is 12.1 Å². The number of urea groups is 1. The number of halogens is 1. The molecule has 1 unspecified atom stereocenters. The smallest absolute Gasteiger partial charge is 0.319 e. The summed E-state index contributed by atoms with van der Waals surface area (Å²) in [4.78, 5) is 12.1. The first kappa shape index (κ1) is 16.8. The molecule has 0 saturated carbocycles. The third-order valence-electron chi connectivity index (χ3n) is 3.36. The van der Waals surface area contributed by atoms with Gasteiger partial charge in [0.05, 0.1) is 12.6 Å². The van der Waals surface area contributed by atoms with Gasteiger partial charge >= 0.3 is 6.03 Å². The second-order valence-corrected chi connectivity index (χ2v) is 5.30. The van der Waals surface area contributed by atoms with Gasteiger partial charge < -0.3 is 15.4 Å². The molecule has 0 aliphatic rings. The van der Waals surface area contributed by atoms with Gasteiger partial charge in [0.1, 0.15) is 11.6 Å². The van der Waals surface area contributed by atoms with Gasteiger partial charge in [-0.05, 0) is 45.0 Å². The summed E-state index contributed by atoms with van der Waals surface area (Å²) in [5.74, 6) is 0.352. The Kier molecular flexibility index (Phi) is 5.57. The molecule has 23 heavy (non-hydrogen) atoms. The highest BCUT2D eigenvalue weighted by molar-refractivity contribution is 5.89. The minimum absolute atomic E-state index is 0.245. The number of carbonyl (C=O) groups excluding carboxylic acids is 1. The van der Waals surface area contributed by atoms with E-state index < -0.39 is 11.8 Å². The number of rotatable bonds is 5. The van der Waals surface area contributed by atoms with Crippen LogP contribution in [0.1, 0.15) is 31.0 Å². The molecule has 0 aliphatic carbocycles. The molecule has 2 rings (SSSR count). The van der Waals surface area contributed by atoms with Crippen molar-refractivity contribution in [3.8, 4) is 5.75 Å². The first-order valence-electron chi connectivity index (χ1n) is 7.56. The molecular weight excluding hydrogens is 295 g/mol. The second kappa shape index (κ2) is 7.63. The molecule has 122 valence electrons. The lowest BCUT2D eigenvalue weighted by molar-refractivity contribution is 0.249. The molecule has 0 spiro atoms. The summed E-state index contributed by atoms with van der Waals surface area (Å²) >= 11 is 0. The number of nitrogens with one attached hydrogen (secondary N) is 2. The van der Waals surface area contributed by atoms with E-state index in [1.807, 2.05) is 39.0 Å². The number of benzene rings is 2. The molecule has 2 amide bonds. The molecule has 4 nitrogen and oxygen atoms in total. The summed E-state index contributed by atoms with van der Waals surface area (Å²) in [5, 5.41) is 5.46. The maximum absolute atomic E-state index is 13.1. The largest absolute Gasteiger partial charge is 0.494 e. The maximum atomic E-state index is 13.1. The summed E-state index contributed by atoms with van der Waals surface area (Å²) in [6, 6.07) is 11.0. The van der Waals surface area contributed by atoms with Gasteiger partial charge in [-0.25, -0.2) is 9.18 Å². The van der Waals surface area contributed by atoms with Crippen LogP contribution in [0.25, 0.3) is 0 Å². The molecule has 2 aromatic rings. The molecule has 5 heteroatoms. The summed E-state index contributed by atoms with van der Waals surface area (Å²) in [6.07, 6.45) is 0. The second-order valence-electron chi connectivity index (χ2n) is 5.30. The Bertz CT molecular complexity index is 688. The van der Waals surface area contributed by atoms with Crippen molar-refractivity contribution in [2.45, 2.75) is 26.8 Å². The van der Waals surface area contributed by atoms with E-state index >= 15 is 0 Å². The summed E-state index contributed by atoms with van der Waals surface area (Å²) in [5.41, 5.74) is 2.40. The van der Waals surface area contributed by atoms with E-state index in [1.54, 1.807) is 12.1 Å². The van der Waals surface area contributed by atoms with Crippen LogP contribution >= 0.6 is 0 Å². The van der Waals surface area contributed by atoms with Gasteiger partial charge in [-0.15, -0.1) is 0 Å². The number of ether oxygens (including phenoxy) is 1. The van der Waals surface area contributed by atoms with Crippen molar-refractivity contribution in [1.29, 1.82) is 0 Å². The average molecular weight is 316 g/mol. The van der Waals surface area contributed by atoms with Crippen molar-refractivity contribution in [3.05, 3.63) is 59.4 Å². The van der Waals surface area contributed by atoms with Gasteiger partial charge in [0.25, 0.3) is 0 Å². The lowest BCUT2D eigenvalue weighted by Crippen LogP contribution is -2.31. The third kappa shape index (κ3) is 4.71. The van der Waals surface area contributed by atoms with Gasteiger partial charge in [0.15, 0.2) is 0 Å². The van der Waals surface area contributed by atoms with Crippen molar-refractivity contribution >= 4 is 11.7 Å². The predicted molar refractivity (Wildman–Crippen MR) is 89.3 cm³/mol. The molecule has 0 aliphatic heterocycles. The van der Waals surface area contributed by atoms with Crippen LogP contribution in [-0.2, 0) is 0 Å². The third-order valence-corrected chi connectivity index (χ3v) is 3.36. The highest BCUT2D eigenvalue weighted by Crippen LogP contribution is 2.26. The van der Waals surface area contributed by atoms with Crippen molar-refractivity contribution in [2.24, 2.45) is 0 Å². The molecule has 2 N–H and O–H groups in total. The van der Waals surface area contributed by atoms with Crippen LogP contribution in [0.15, 0.2) is 42.5 Å². The zero-order chi connectivity index (χ0) is 16.8. The monoisotopic (exact) mass is 316 g/mol. The first-order chi connectivity index (χ1) is 11.0. The van der Waals surface area contributed by atoms with E-state index in [-0.39, 0.29) is 6.04 Å². The van der Waals surface area contributed by atoms with E-state index in [4.69, 9.17) is 4.74 Å². The van der Waals surface area contributed by atoms with E-state index in [0.717, 1.165) is 16.9 Å². The van der Waals surface area contributed by atoms with Crippen molar-refractivity contribution in [3.63, 3.8) is 0 Å². The van der Waals surface area contributed by atoms with Crippen molar-refractivity contribution in [2.75, 3.05) is 11.9 Å². The topological polar surface area (TPSA) is 50.4 Å². The number of hydrogen-bond donors (Lipinski definition) is 2. The minimum atomic E-state index is -0.396. The van der Waals surface area contributed by atoms with Crippen LogP contribution in [0.2, 0.25) is 0 Å². The van der Waals surface area contributed by atoms with Crippen LogP contribution in [0, 0.1) is 12.7 Å². The molecule has 0 saturated heterocycles.